The van der Waals surface area contributed by atoms with Crippen molar-refractivity contribution in [2.24, 2.45) is 0 Å². The normalized spacial score (nSPS) is 21.2. The van der Waals surface area contributed by atoms with E-state index in [1.54, 1.807) is 4.90 Å². The largest absolute Gasteiger partial charge is 0.507 e. The summed E-state index contributed by atoms with van der Waals surface area (Å²) in [4.78, 5) is 30.2. The highest BCUT2D eigenvalue weighted by Gasteiger charge is 2.48. The van der Waals surface area contributed by atoms with Gasteiger partial charge in [-0.05, 0) is 42.5 Å². The van der Waals surface area contributed by atoms with E-state index in [2.05, 4.69) is 6.92 Å². The molecule has 1 saturated heterocycles. The van der Waals surface area contributed by atoms with Gasteiger partial charge in [-0.1, -0.05) is 62.6 Å². The fourth-order valence-corrected chi connectivity index (χ4v) is 4.92. The quantitative estimate of drug-likeness (QED) is 0.407. The number of ketones is 1. The van der Waals surface area contributed by atoms with Crippen LogP contribution in [-0.4, -0.2) is 41.8 Å². The number of aliphatic hydroxyl groups is 1. The zero-order valence-corrected chi connectivity index (χ0v) is 19.2. The molecule has 1 saturated carbocycles. The zero-order valence-electron chi connectivity index (χ0n) is 19.2. The summed E-state index contributed by atoms with van der Waals surface area (Å²) >= 11 is 0. The van der Waals surface area contributed by atoms with Crippen LogP contribution < -0.4 is 4.90 Å². The van der Waals surface area contributed by atoms with Crippen molar-refractivity contribution in [2.45, 2.75) is 57.5 Å². The molecule has 5 nitrogen and oxygen atoms in total. The van der Waals surface area contributed by atoms with Crippen molar-refractivity contribution in [1.82, 2.24) is 4.90 Å². The third-order valence-electron chi connectivity index (χ3n) is 6.81. The van der Waals surface area contributed by atoms with Crippen LogP contribution in [0.5, 0.6) is 0 Å². The van der Waals surface area contributed by atoms with Crippen LogP contribution in [-0.2, 0) is 16.0 Å². The van der Waals surface area contributed by atoms with Gasteiger partial charge in [-0.25, -0.2) is 0 Å². The minimum Gasteiger partial charge on any atom is -0.507 e. The number of carbonyl (C=O) groups is 2. The molecular formula is C27H32N2O3. The highest BCUT2D eigenvalue weighted by Crippen LogP contribution is 2.43. The summed E-state index contributed by atoms with van der Waals surface area (Å²) in [7, 11) is 3.95. The number of nitrogens with zero attached hydrogens (tertiary/aromatic N) is 2. The first-order valence-electron chi connectivity index (χ1n) is 11.6. The molecule has 1 unspecified atom stereocenters. The fourth-order valence-electron chi connectivity index (χ4n) is 4.92. The molecular weight excluding hydrogens is 400 g/mol. The first-order valence-corrected chi connectivity index (χ1v) is 11.6. The average molecular weight is 433 g/mol. The van der Waals surface area contributed by atoms with Gasteiger partial charge in [0.1, 0.15) is 5.76 Å². The number of aliphatic hydroxyl groups excluding tert-OH is 1. The van der Waals surface area contributed by atoms with E-state index in [0.29, 0.717) is 5.56 Å². The molecule has 0 bridgehead atoms. The van der Waals surface area contributed by atoms with E-state index in [0.717, 1.165) is 55.3 Å². The molecule has 32 heavy (non-hydrogen) atoms. The molecule has 1 atom stereocenters. The van der Waals surface area contributed by atoms with Gasteiger partial charge in [0.2, 0.25) is 0 Å². The monoisotopic (exact) mass is 432 g/mol. The van der Waals surface area contributed by atoms with Crippen LogP contribution in [0.2, 0.25) is 0 Å². The van der Waals surface area contributed by atoms with E-state index in [9.17, 15) is 14.7 Å². The Labute approximate surface area is 190 Å². The molecule has 4 rings (SSSR count). The summed E-state index contributed by atoms with van der Waals surface area (Å²) in [6.07, 6.45) is 5.95. The van der Waals surface area contributed by atoms with Gasteiger partial charge in [-0.15, -0.1) is 0 Å². The number of hydrogen-bond donors (Lipinski definition) is 1. The lowest BCUT2D eigenvalue weighted by Gasteiger charge is -2.35. The van der Waals surface area contributed by atoms with Gasteiger partial charge in [0.25, 0.3) is 11.7 Å². The molecule has 2 aromatic rings. The second kappa shape index (κ2) is 9.19. The Morgan fingerprint density at radius 2 is 1.59 bits per heavy atom. The summed E-state index contributed by atoms with van der Waals surface area (Å²) in [6, 6.07) is 14.9. The van der Waals surface area contributed by atoms with E-state index in [4.69, 9.17) is 0 Å². The van der Waals surface area contributed by atoms with Crippen LogP contribution in [0, 0.1) is 0 Å². The van der Waals surface area contributed by atoms with E-state index in [1.807, 2.05) is 67.5 Å². The molecule has 168 valence electrons. The Bertz CT molecular complexity index is 1020. The number of amides is 1. The maximum atomic E-state index is 13.2. The molecule has 1 aliphatic heterocycles. The van der Waals surface area contributed by atoms with E-state index in [-0.39, 0.29) is 17.4 Å². The second-order valence-electron chi connectivity index (χ2n) is 9.03. The number of carbonyl (C=O) groups excluding carboxylic acids is 2. The van der Waals surface area contributed by atoms with E-state index < -0.39 is 17.7 Å². The van der Waals surface area contributed by atoms with Crippen molar-refractivity contribution in [2.75, 3.05) is 19.0 Å². The summed E-state index contributed by atoms with van der Waals surface area (Å²) in [6.45, 7) is 2.07. The molecule has 0 radical (unpaired) electrons. The number of aryl methyl sites for hydroxylation is 1. The Morgan fingerprint density at radius 3 is 2.16 bits per heavy atom. The predicted molar refractivity (Wildman–Crippen MR) is 128 cm³/mol. The summed E-state index contributed by atoms with van der Waals surface area (Å²) in [5, 5.41) is 11.2. The molecule has 2 aliphatic rings. The van der Waals surface area contributed by atoms with Gasteiger partial charge in [-0.2, -0.15) is 0 Å². The van der Waals surface area contributed by atoms with Gasteiger partial charge in [0.15, 0.2) is 0 Å². The predicted octanol–water partition coefficient (Wildman–Crippen LogP) is 5.07. The van der Waals surface area contributed by atoms with Gasteiger partial charge in [-0.3, -0.25) is 9.59 Å². The van der Waals surface area contributed by atoms with Crippen molar-refractivity contribution in [3.05, 3.63) is 70.8 Å². The molecule has 1 aliphatic carbocycles. The zero-order chi connectivity index (χ0) is 22.8. The number of likely N-dealkylation sites (tertiary alicyclic amines) is 1. The van der Waals surface area contributed by atoms with Gasteiger partial charge < -0.3 is 14.9 Å². The summed E-state index contributed by atoms with van der Waals surface area (Å²) in [5.74, 6) is -1.18. The lowest BCUT2D eigenvalue weighted by molar-refractivity contribution is -0.141. The van der Waals surface area contributed by atoms with Crippen LogP contribution in [0.1, 0.15) is 61.8 Å². The van der Waals surface area contributed by atoms with Gasteiger partial charge in [0.05, 0.1) is 11.6 Å². The highest BCUT2D eigenvalue weighted by atomic mass is 16.3. The van der Waals surface area contributed by atoms with Crippen molar-refractivity contribution >= 4 is 23.1 Å². The number of anilines is 1. The smallest absolute Gasteiger partial charge is 0.295 e. The Hall–Kier alpha value is -3.08. The Balaban J connectivity index is 1.83. The lowest BCUT2D eigenvalue weighted by atomic mass is 9.90. The third-order valence-corrected chi connectivity index (χ3v) is 6.81. The molecule has 1 heterocycles. The van der Waals surface area contributed by atoms with Crippen LogP contribution in [0.15, 0.2) is 54.1 Å². The fraction of sp³-hybridized carbons (Fsp3) is 0.407. The van der Waals surface area contributed by atoms with Crippen molar-refractivity contribution in [3.8, 4) is 0 Å². The second-order valence-corrected chi connectivity index (χ2v) is 9.03. The van der Waals surface area contributed by atoms with Crippen molar-refractivity contribution in [1.29, 1.82) is 0 Å². The van der Waals surface area contributed by atoms with Crippen molar-refractivity contribution in [3.63, 3.8) is 0 Å². The van der Waals surface area contributed by atoms with Crippen molar-refractivity contribution < 1.29 is 14.7 Å². The third kappa shape index (κ3) is 4.04. The molecule has 0 spiro atoms. The number of Topliss-reactive ketones (excluding diaryl/α,β-unsaturated/α-hetero) is 1. The van der Waals surface area contributed by atoms with Gasteiger partial charge >= 0.3 is 0 Å². The molecule has 2 aromatic carbocycles. The van der Waals surface area contributed by atoms with Crippen LogP contribution in [0.4, 0.5) is 5.69 Å². The first kappa shape index (κ1) is 22.1. The minimum absolute atomic E-state index is 0.0199. The molecule has 2 fully saturated rings. The average Bonchev–Trinajstić information content (AvgIpc) is 3.09. The van der Waals surface area contributed by atoms with Crippen LogP contribution in [0.25, 0.3) is 5.76 Å². The first-order chi connectivity index (χ1) is 15.4. The molecule has 1 amide bonds. The van der Waals surface area contributed by atoms with Crippen LogP contribution >= 0.6 is 0 Å². The minimum atomic E-state index is -0.589. The van der Waals surface area contributed by atoms with Gasteiger partial charge in [0, 0.05) is 31.4 Å². The maximum Gasteiger partial charge on any atom is 0.295 e. The SMILES string of the molecule is CCc1ccc(/C(O)=C2/C(=O)C(=O)N(C3CCCCC3)C2c2ccc(N(C)C)cc2)cc1. The molecule has 1 N–H and O–H groups in total. The lowest BCUT2D eigenvalue weighted by Crippen LogP contribution is -2.40. The maximum absolute atomic E-state index is 13.2. The number of rotatable bonds is 5. The summed E-state index contributed by atoms with van der Waals surface area (Å²) < 4.78 is 0. The van der Waals surface area contributed by atoms with E-state index in [1.165, 1.54) is 0 Å². The summed E-state index contributed by atoms with van der Waals surface area (Å²) in [5.41, 5.74) is 3.81. The number of benzene rings is 2. The van der Waals surface area contributed by atoms with Crippen LogP contribution in [0.3, 0.4) is 0 Å². The van der Waals surface area contributed by atoms with E-state index >= 15 is 0 Å². The Morgan fingerprint density at radius 1 is 0.969 bits per heavy atom. The number of hydrogen-bond acceptors (Lipinski definition) is 4. The Kier molecular flexibility index (Phi) is 6.35. The standard InChI is InChI=1S/C27H32N2O3/c1-4-18-10-12-20(13-11-18)25(30)23-24(19-14-16-21(17-15-19)28(2)3)29(27(32)26(23)31)22-8-6-5-7-9-22/h10-17,22,24,30H,4-9H2,1-3H3/b25-23-. The topological polar surface area (TPSA) is 60.9 Å². The highest BCUT2D eigenvalue weighted by molar-refractivity contribution is 6.46. The molecule has 5 heteroatoms. The molecule has 0 aromatic heterocycles.